The molecule has 0 bridgehead atoms. The SMILES string of the molecule is COC(=O)CN(C)c1ccc(OC)c2nc(NC(=O)C(F)(F)F)nn12. The molecule has 0 unspecified atom stereocenters. The molecule has 12 heteroatoms. The van der Waals surface area contributed by atoms with Crippen LogP contribution in [0.4, 0.5) is 24.9 Å². The molecule has 2 aromatic rings. The number of aromatic nitrogens is 3. The maximum Gasteiger partial charge on any atom is 0.471 e. The third kappa shape index (κ3) is 3.89. The fraction of sp³-hybridized carbons (Fsp3) is 0.385. The van der Waals surface area contributed by atoms with Gasteiger partial charge in [-0.25, -0.2) is 0 Å². The first-order chi connectivity index (χ1) is 11.7. The highest BCUT2D eigenvalue weighted by molar-refractivity contribution is 5.93. The first kappa shape index (κ1) is 18.3. The number of anilines is 2. The Morgan fingerprint density at radius 3 is 2.56 bits per heavy atom. The lowest BCUT2D eigenvalue weighted by Crippen LogP contribution is -2.30. The van der Waals surface area contributed by atoms with Crippen LogP contribution in [0.15, 0.2) is 12.1 Å². The normalized spacial score (nSPS) is 11.3. The summed E-state index contributed by atoms with van der Waals surface area (Å²) in [4.78, 5) is 27.7. The molecule has 2 rings (SSSR count). The number of methoxy groups -OCH3 is 2. The van der Waals surface area contributed by atoms with Crippen molar-refractivity contribution < 1.29 is 32.2 Å². The fourth-order valence-electron chi connectivity index (χ4n) is 1.94. The second-order valence-corrected chi connectivity index (χ2v) is 4.81. The number of likely N-dealkylation sites (N-methyl/N-ethyl adjacent to an activating group) is 1. The Kier molecular flexibility index (Phi) is 4.99. The van der Waals surface area contributed by atoms with Crippen molar-refractivity contribution >= 4 is 29.3 Å². The molecule has 2 heterocycles. The predicted molar refractivity (Wildman–Crippen MR) is 79.5 cm³/mol. The minimum absolute atomic E-state index is 0.0641. The van der Waals surface area contributed by atoms with Gasteiger partial charge in [0.15, 0.2) is 5.75 Å². The van der Waals surface area contributed by atoms with Crippen LogP contribution >= 0.6 is 0 Å². The van der Waals surface area contributed by atoms with Crippen molar-refractivity contribution in [2.45, 2.75) is 6.18 Å². The van der Waals surface area contributed by atoms with Gasteiger partial charge in [0.2, 0.25) is 11.6 Å². The number of hydrogen-bond donors (Lipinski definition) is 1. The summed E-state index contributed by atoms with van der Waals surface area (Å²) in [7, 11) is 4.11. The summed E-state index contributed by atoms with van der Waals surface area (Å²) >= 11 is 0. The number of alkyl halides is 3. The zero-order valence-corrected chi connectivity index (χ0v) is 13.4. The fourth-order valence-corrected chi connectivity index (χ4v) is 1.94. The molecule has 0 fully saturated rings. The summed E-state index contributed by atoms with van der Waals surface area (Å²) in [5, 5.41) is 5.40. The third-order valence-corrected chi connectivity index (χ3v) is 3.12. The second-order valence-electron chi connectivity index (χ2n) is 4.81. The van der Waals surface area contributed by atoms with Gasteiger partial charge in [0, 0.05) is 7.05 Å². The van der Waals surface area contributed by atoms with E-state index in [1.54, 1.807) is 12.4 Å². The van der Waals surface area contributed by atoms with Crippen LogP contribution < -0.4 is 15.0 Å². The van der Waals surface area contributed by atoms with Crippen molar-refractivity contribution in [2.75, 3.05) is 38.0 Å². The van der Waals surface area contributed by atoms with Crippen molar-refractivity contribution in [3.63, 3.8) is 0 Å². The quantitative estimate of drug-likeness (QED) is 0.789. The number of nitrogens with zero attached hydrogens (tertiary/aromatic N) is 4. The van der Waals surface area contributed by atoms with Crippen molar-refractivity contribution in [1.29, 1.82) is 0 Å². The molecule has 0 aliphatic carbocycles. The molecule has 2 aromatic heterocycles. The van der Waals surface area contributed by atoms with Crippen LogP contribution in [0.3, 0.4) is 0 Å². The lowest BCUT2D eigenvalue weighted by Gasteiger charge is -2.18. The van der Waals surface area contributed by atoms with Crippen molar-refractivity contribution in [3.8, 4) is 5.75 Å². The number of rotatable bonds is 5. The van der Waals surface area contributed by atoms with Gasteiger partial charge in [0.05, 0.1) is 14.2 Å². The smallest absolute Gasteiger partial charge is 0.471 e. The number of hydrogen-bond acceptors (Lipinski definition) is 7. The topological polar surface area (TPSA) is 98.1 Å². The molecule has 0 radical (unpaired) electrons. The largest absolute Gasteiger partial charge is 0.493 e. The Hall–Kier alpha value is -3.05. The van der Waals surface area contributed by atoms with E-state index in [9.17, 15) is 22.8 Å². The maximum absolute atomic E-state index is 12.4. The number of esters is 1. The number of nitrogens with one attached hydrogen (secondary N) is 1. The first-order valence-electron chi connectivity index (χ1n) is 6.77. The highest BCUT2D eigenvalue weighted by Crippen LogP contribution is 2.25. The van der Waals surface area contributed by atoms with Gasteiger partial charge in [-0.05, 0) is 12.1 Å². The summed E-state index contributed by atoms with van der Waals surface area (Å²) in [5.41, 5.74) is 0.0641. The van der Waals surface area contributed by atoms with E-state index in [0.29, 0.717) is 5.82 Å². The number of ether oxygens (including phenoxy) is 2. The number of carbonyl (C=O) groups is 2. The van der Waals surface area contributed by atoms with Gasteiger partial charge in [-0.2, -0.15) is 22.7 Å². The summed E-state index contributed by atoms with van der Waals surface area (Å²) in [5.74, 6) is -2.75. The average molecular weight is 361 g/mol. The molecule has 0 spiro atoms. The zero-order chi connectivity index (χ0) is 18.8. The second kappa shape index (κ2) is 6.83. The Bertz CT molecular complexity index is 805. The molecule has 0 aromatic carbocycles. The molecule has 0 saturated carbocycles. The molecule has 1 amide bonds. The zero-order valence-electron chi connectivity index (χ0n) is 13.4. The Morgan fingerprint density at radius 1 is 1.32 bits per heavy atom. The standard InChI is InChI=1S/C13H14F3N5O4/c1-20(6-9(22)25-3)8-5-4-7(24-2)10-17-12(19-21(8)10)18-11(23)13(14,15)16/h4-5H,6H2,1-3H3,(H,18,19,23). The number of halogens is 3. The van der Waals surface area contributed by atoms with E-state index in [4.69, 9.17) is 4.74 Å². The minimum Gasteiger partial charge on any atom is -0.493 e. The summed E-state index contributed by atoms with van der Waals surface area (Å²) in [6.45, 7) is -0.137. The van der Waals surface area contributed by atoms with Crippen LogP contribution in [0.5, 0.6) is 5.75 Å². The van der Waals surface area contributed by atoms with E-state index in [1.165, 1.54) is 31.3 Å². The summed E-state index contributed by atoms with van der Waals surface area (Å²) in [6, 6.07) is 3.03. The number of carbonyl (C=O) groups excluding carboxylic acids is 2. The van der Waals surface area contributed by atoms with Gasteiger partial charge in [0.25, 0.3) is 0 Å². The molecule has 0 saturated heterocycles. The lowest BCUT2D eigenvalue weighted by molar-refractivity contribution is -0.167. The van der Waals surface area contributed by atoms with Crippen molar-refractivity contribution in [1.82, 2.24) is 14.6 Å². The maximum atomic E-state index is 12.4. The van der Waals surface area contributed by atoms with E-state index < -0.39 is 24.0 Å². The predicted octanol–water partition coefficient (Wildman–Crippen LogP) is 0.848. The summed E-state index contributed by atoms with van der Waals surface area (Å²) < 4.78 is 47.9. The first-order valence-corrected chi connectivity index (χ1v) is 6.77. The van der Waals surface area contributed by atoms with Gasteiger partial charge in [-0.1, -0.05) is 0 Å². The monoisotopic (exact) mass is 361 g/mol. The van der Waals surface area contributed by atoms with E-state index in [0.717, 1.165) is 4.52 Å². The van der Waals surface area contributed by atoms with E-state index in [1.807, 2.05) is 0 Å². The molecule has 0 aliphatic heterocycles. The van der Waals surface area contributed by atoms with E-state index in [2.05, 4.69) is 14.8 Å². The van der Waals surface area contributed by atoms with Gasteiger partial charge < -0.3 is 14.4 Å². The molecular formula is C13H14F3N5O4. The van der Waals surface area contributed by atoms with Crippen LogP contribution in [-0.2, 0) is 14.3 Å². The number of amides is 1. The van der Waals surface area contributed by atoms with Gasteiger partial charge in [0.1, 0.15) is 12.4 Å². The molecular weight excluding hydrogens is 347 g/mol. The van der Waals surface area contributed by atoms with E-state index >= 15 is 0 Å². The van der Waals surface area contributed by atoms with Gasteiger partial charge >= 0.3 is 18.1 Å². The third-order valence-electron chi connectivity index (χ3n) is 3.12. The van der Waals surface area contributed by atoms with Crippen LogP contribution in [0.2, 0.25) is 0 Å². The molecule has 0 aliphatic rings. The number of fused-ring (bicyclic) bond motifs is 1. The molecule has 0 atom stereocenters. The molecule has 136 valence electrons. The lowest BCUT2D eigenvalue weighted by atomic mass is 10.4. The van der Waals surface area contributed by atoms with Crippen LogP contribution in [0.1, 0.15) is 0 Å². The minimum atomic E-state index is -5.08. The molecule has 9 nitrogen and oxygen atoms in total. The average Bonchev–Trinajstić information content (AvgIpc) is 2.95. The van der Waals surface area contributed by atoms with Crippen LogP contribution in [0.25, 0.3) is 5.65 Å². The van der Waals surface area contributed by atoms with Crippen molar-refractivity contribution in [2.24, 2.45) is 0 Å². The van der Waals surface area contributed by atoms with Crippen LogP contribution in [-0.4, -0.2) is 60.5 Å². The Labute approximate surface area is 139 Å². The molecule has 25 heavy (non-hydrogen) atoms. The molecule has 1 N–H and O–H groups in total. The number of pyridine rings is 1. The Balaban J connectivity index is 2.44. The van der Waals surface area contributed by atoms with Gasteiger partial charge in [-0.3, -0.25) is 14.9 Å². The van der Waals surface area contributed by atoms with Gasteiger partial charge in [-0.15, -0.1) is 5.10 Å². The highest BCUT2D eigenvalue weighted by Gasteiger charge is 2.39. The van der Waals surface area contributed by atoms with E-state index in [-0.39, 0.29) is 17.9 Å². The van der Waals surface area contributed by atoms with Crippen molar-refractivity contribution in [3.05, 3.63) is 12.1 Å². The van der Waals surface area contributed by atoms with Crippen LogP contribution in [0, 0.1) is 0 Å². The highest BCUT2D eigenvalue weighted by atomic mass is 19.4. The summed E-state index contributed by atoms with van der Waals surface area (Å²) in [6.07, 6.45) is -5.08. The Morgan fingerprint density at radius 2 is 2.00 bits per heavy atom.